The van der Waals surface area contributed by atoms with Crippen LogP contribution in [0.15, 0.2) is 29.6 Å². The molecule has 0 aliphatic carbocycles. The van der Waals surface area contributed by atoms with Crippen molar-refractivity contribution in [2.75, 3.05) is 46.5 Å². The summed E-state index contributed by atoms with van der Waals surface area (Å²) in [4.78, 5) is 18.7. The molecule has 0 spiro atoms. The molecule has 6 nitrogen and oxygen atoms in total. The van der Waals surface area contributed by atoms with E-state index in [1.807, 2.05) is 15.9 Å². The number of aryl methyl sites for hydroxylation is 2. The van der Waals surface area contributed by atoms with Crippen LogP contribution in [-0.2, 0) is 16.0 Å². The standard InChI is InChI=1S/C25H36N2O4S/c1-5-10-26(14-20(28)16-30-4)15-25(29)27-11-8-24-21(9-12-32-24)22(27)17-31-23-7-6-18(2)13-19(23)3/h6-7,9,12-13,20,22,28H,5,8,10-11,14-17H2,1-4H3/t20-,22+/m0/s1. The maximum absolute atomic E-state index is 13.4. The van der Waals surface area contributed by atoms with Crippen molar-refractivity contribution in [2.45, 2.75) is 45.8 Å². The molecule has 2 aromatic rings. The Kier molecular flexibility index (Phi) is 9.11. The SMILES string of the molecule is CCCN(CC(=O)N1CCc2sccc2[C@H]1COc1ccc(C)cc1C)C[C@H](O)COC. The van der Waals surface area contributed by atoms with E-state index in [1.54, 1.807) is 18.4 Å². The molecule has 1 amide bonds. The maximum Gasteiger partial charge on any atom is 0.237 e. The van der Waals surface area contributed by atoms with Crippen LogP contribution in [0.5, 0.6) is 5.75 Å². The summed E-state index contributed by atoms with van der Waals surface area (Å²) >= 11 is 1.75. The number of hydrogen-bond donors (Lipinski definition) is 1. The molecule has 32 heavy (non-hydrogen) atoms. The van der Waals surface area contributed by atoms with Gasteiger partial charge >= 0.3 is 0 Å². The van der Waals surface area contributed by atoms with Crippen LogP contribution in [0.1, 0.15) is 41.0 Å². The summed E-state index contributed by atoms with van der Waals surface area (Å²) < 4.78 is 11.3. The van der Waals surface area contributed by atoms with Crippen LogP contribution in [0.4, 0.5) is 0 Å². The van der Waals surface area contributed by atoms with Gasteiger partial charge in [0, 0.05) is 25.1 Å². The smallest absolute Gasteiger partial charge is 0.237 e. The van der Waals surface area contributed by atoms with Crippen LogP contribution in [0.25, 0.3) is 0 Å². The minimum atomic E-state index is -0.604. The number of rotatable bonds is 11. The lowest BCUT2D eigenvalue weighted by atomic mass is 10.00. The molecule has 1 aromatic carbocycles. The predicted octanol–water partition coefficient (Wildman–Crippen LogP) is 3.59. The van der Waals surface area contributed by atoms with E-state index < -0.39 is 6.10 Å². The summed E-state index contributed by atoms with van der Waals surface area (Å²) in [6.07, 6.45) is 1.19. The molecule has 1 aromatic heterocycles. The highest BCUT2D eigenvalue weighted by Gasteiger charge is 2.33. The monoisotopic (exact) mass is 460 g/mol. The van der Waals surface area contributed by atoms with E-state index in [2.05, 4.69) is 44.4 Å². The second kappa shape index (κ2) is 11.8. The summed E-state index contributed by atoms with van der Waals surface area (Å²) in [5.74, 6) is 0.940. The Morgan fingerprint density at radius 2 is 2.16 bits per heavy atom. The Labute approximate surface area is 195 Å². The molecule has 176 valence electrons. The third-order valence-corrected chi connectivity index (χ3v) is 6.87. The summed E-state index contributed by atoms with van der Waals surface area (Å²) in [7, 11) is 1.57. The molecule has 0 unspecified atom stereocenters. The summed E-state index contributed by atoms with van der Waals surface area (Å²) in [5.41, 5.74) is 3.50. The molecule has 2 atom stereocenters. The van der Waals surface area contributed by atoms with Crippen LogP contribution in [0.2, 0.25) is 0 Å². The third-order valence-electron chi connectivity index (χ3n) is 5.87. The van der Waals surface area contributed by atoms with Gasteiger partial charge in [0.2, 0.25) is 5.91 Å². The molecule has 0 saturated heterocycles. The van der Waals surface area contributed by atoms with Gasteiger partial charge in [-0.15, -0.1) is 11.3 Å². The average molecular weight is 461 g/mol. The normalized spacial score (nSPS) is 16.8. The van der Waals surface area contributed by atoms with E-state index in [-0.39, 0.29) is 25.1 Å². The van der Waals surface area contributed by atoms with Gasteiger partial charge in [0.15, 0.2) is 0 Å². The van der Waals surface area contributed by atoms with E-state index in [1.165, 1.54) is 16.0 Å². The van der Waals surface area contributed by atoms with Crippen molar-refractivity contribution in [1.29, 1.82) is 0 Å². The lowest BCUT2D eigenvalue weighted by Crippen LogP contribution is -2.48. The van der Waals surface area contributed by atoms with E-state index in [0.29, 0.717) is 19.7 Å². The van der Waals surface area contributed by atoms with E-state index in [0.717, 1.165) is 30.7 Å². The van der Waals surface area contributed by atoms with Gasteiger partial charge in [0.05, 0.1) is 25.3 Å². The topological polar surface area (TPSA) is 62.2 Å². The van der Waals surface area contributed by atoms with Gasteiger partial charge in [-0.3, -0.25) is 9.69 Å². The molecule has 1 N–H and O–H groups in total. The van der Waals surface area contributed by atoms with Gasteiger partial charge in [0.25, 0.3) is 0 Å². The fraction of sp³-hybridized carbons (Fsp3) is 0.560. The van der Waals surface area contributed by atoms with Crippen molar-refractivity contribution in [3.05, 3.63) is 51.2 Å². The van der Waals surface area contributed by atoms with Crippen LogP contribution in [0, 0.1) is 13.8 Å². The van der Waals surface area contributed by atoms with E-state index >= 15 is 0 Å². The van der Waals surface area contributed by atoms with Gasteiger partial charge in [0.1, 0.15) is 12.4 Å². The van der Waals surface area contributed by atoms with E-state index in [4.69, 9.17) is 9.47 Å². The highest BCUT2D eigenvalue weighted by Crippen LogP contribution is 2.34. The third kappa shape index (κ3) is 6.32. The van der Waals surface area contributed by atoms with Crippen molar-refractivity contribution in [3.63, 3.8) is 0 Å². The first-order valence-corrected chi connectivity index (χ1v) is 12.3. The minimum Gasteiger partial charge on any atom is -0.491 e. The molecule has 0 bridgehead atoms. The number of methoxy groups -OCH3 is 1. The molecule has 1 aliphatic heterocycles. The Bertz CT molecular complexity index is 885. The number of aliphatic hydroxyl groups is 1. The lowest BCUT2D eigenvalue weighted by Gasteiger charge is -2.37. The van der Waals surface area contributed by atoms with Gasteiger partial charge in [-0.25, -0.2) is 0 Å². The molecule has 0 saturated carbocycles. The average Bonchev–Trinajstić information content (AvgIpc) is 3.22. The van der Waals surface area contributed by atoms with Gasteiger partial charge in [-0.2, -0.15) is 0 Å². The lowest BCUT2D eigenvalue weighted by molar-refractivity contribution is -0.136. The number of benzene rings is 1. The Morgan fingerprint density at radius 3 is 2.88 bits per heavy atom. The maximum atomic E-state index is 13.4. The highest BCUT2D eigenvalue weighted by molar-refractivity contribution is 7.10. The number of thiophene rings is 1. The first kappa shape index (κ1) is 24.7. The zero-order valence-corrected chi connectivity index (χ0v) is 20.5. The Balaban J connectivity index is 1.73. The summed E-state index contributed by atoms with van der Waals surface area (Å²) in [5, 5.41) is 12.3. The van der Waals surface area contributed by atoms with Crippen molar-refractivity contribution in [1.82, 2.24) is 9.80 Å². The Hall–Kier alpha value is -1.93. The highest BCUT2D eigenvalue weighted by atomic mass is 32.1. The van der Waals surface area contributed by atoms with Crippen LogP contribution in [-0.4, -0.2) is 73.4 Å². The predicted molar refractivity (Wildman–Crippen MR) is 129 cm³/mol. The summed E-state index contributed by atoms with van der Waals surface area (Å²) in [6.45, 7) is 9.06. The number of hydrogen-bond acceptors (Lipinski definition) is 6. The second-order valence-electron chi connectivity index (χ2n) is 8.58. The molecule has 3 rings (SSSR count). The van der Waals surface area contributed by atoms with Crippen LogP contribution >= 0.6 is 11.3 Å². The Morgan fingerprint density at radius 1 is 1.34 bits per heavy atom. The van der Waals surface area contributed by atoms with E-state index in [9.17, 15) is 9.90 Å². The molecular formula is C25H36N2O4S. The number of ether oxygens (including phenoxy) is 2. The fourth-order valence-electron chi connectivity index (χ4n) is 4.38. The number of carbonyl (C=O) groups is 1. The number of carbonyl (C=O) groups excluding carboxylic acids is 1. The van der Waals surface area contributed by atoms with Crippen molar-refractivity contribution in [2.24, 2.45) is 0 Å². The largest absolute Gasteiger partial charge is 0.491 e. The summed E-state index contributed by atoms with van der Waals surface area (Å²) in [6, 6.07) is 8.19. The first-order valence-electron chi connectivity index (χ1n) is 11.4. The number of amides is 1. The zero-order chi connectivity index (χ0) is 23.1. The van der Waals surface area contributed by atoms with Gasteiger partial charge in [-0.1, -0.05) is 24.6 Å². The molecule has 0 fully saturated rings. The molecule has 1 aliphatic rings. The number of nitrogens with zero attached hydrogens (tertiary/aromatic N) is 2. The van der Waals surface area contributed by atoms with Crippen LogP contribution < -0.4 is 4.74 Å². The molecule has 2 heterocycles. The van der Waals surface area contributed by atoms with Crippen molar-refractivity contribution < 1.29 is 19.4 Å². The van der Waals surface area contributed by atoms with Crippen molar-refractivity contribution >= 4 is 17.2 Å². The number of fused-ring (bicyclic) bond motifs is 1. The second-order valence-corrected chi connectivity index (χ2v) is 9.58. The molecular weight excluding hydrogens is 424 g/mol. The van der Waals surface area contributed by atoms with Crippen molar-refractivity contribution in [3.8, 4) is 5.75 Å². The number of aliphatic hydroxyl groups excluding tert-OH is 1. The molecule has 0 radical (unpaired) electrons. The quantitative estimate of drug-likeness (QED) is 0.555. The van der Waals surface area contributed by atoms with Gasteiger partial charge in [-0.05, 0) is 61.9 Å². The fourth-order valence-corrected chi connectivity index (χ4v) is 5.31. The van der Waals surface area contributed by atoms with Gasteiger partial charge < -0.3 is 19.5 Å². The first-order chi connectivity index (χ1) is 15.4. The zero-order valence-electron chi connectivity index (χ0n) is 19.7. The molecule has 7 heteroatoms. The minimum absolute atomic E-state index is 0.0779. The van der Waals surface area contributed by atoms with Crippen LogP contribution in [0.3, 0.4) is 0 Å².